The highest BCUT2D eigenvalue weighted by Crippen LogP contribution is 2.51. The van der Waals surface area contributed by atoms with Gasteiger partial charge in [0.25, 0.3) is 0 Å². The van der Waals surface area contributed by atoms with Crippen molar-refractivity contribution in [3.8, 4) is 0 Å². The summed E-state index contributed by atoms with van der Waals surface area (Å²) in [6.07, 6.45) is 6.53. The molecule has 0 amide bonds. The van der Waals surface area contributed by atoms with Crippen LogP contribution in [0.5, 0.6) is 0 Å². The highest BCUT2D eigenvalue weighted by Gasteiger charge is 2.44. The van der Waals surface area contributed by atoms with Gasteiger partial charge in [0.15, 0.2) is 0 Å². The van der Waals surface area contributed by atoms with Crippen molar-refractivity contribution in [1.82, 2.24) is 10.2 Å². The molecule has 1 saturated heterocycles. The maximum Gasteiger partial charge on any atom is 0.127 e. The van der Waals surface area contributed by atoms with Crippen LogP contribution in [0.2, 0.25) is 0 Å². The molecule has 1 N–H and O–H groups in total. The van der Waals surface area contributed by atoms with Gasteiger partial charge >= 0.3 is 0 Å². The van der Waals surface area contributed by atoms with E-state index in [1.165, 1.54) is 50.9 Å². The molecule has 1 aliphatic carbocycles. The number of benzene rings is 1. The normalized spacial score (nSPS) is 25.6. The lowest BCUT2D eigenvalue weighted by Gasteiger charge is -2.52. The van der Waals surface area contributed by atoms with E-state index in [-0.39, 0.29) is 5.82 Å². The molecule has 0 atom stereocenters. The molecule has 2 nitrogen and oxygen atoms in total. The summed E-state index contributed by atoms with van der Waals surface area (Å²) in [5.41, 5.74) is 2.82. The summed E-state index contributed by atoms with van der Waals surface area (Å²) in [5, 5.41) is 3.47. The SMILES string of the molecule is Fc1cccc2c1CN(CC1CC3(CCNCC3)C1)CC2. The highest BCUT2D eigenvalue weighted by molar-refractivity contribution is 5.30. The van der Waals surface area contributed by atoms with E-state index in [2.05, 4.69) is 16.3 Å². The van der Waals surface area contributed by atoms with Gasteiger partial charge in [-0.05, 0) is 68.2 Å². The lowest BCUT2D eigenvalue weighted by molar-refractivity contribution is 0.000270. The van der Waals surface area contributed by atoms with Crippen LogP contribution in [0.4, 0.5) is 4.39 Å². The topological polar surface area (TPSA) is 15.3 Å². The molecule has 0 aromatic heterocycles. The number of nitrogens with zero attached hydrogens (tertiary/aromatic N) is 1. The van der Waals surface area contributed by atoms with Crippen molar-refractivity contribution in [1.29, 1.82) is 0 Å². The third-order valence-electron chi connectivity index (χ3n) is 5.92. The Morgan fingerprint density at radius 2 is 2.05 bits per heavy atom. The maximum atomic E-state index is 13.9. The third kappa shape index (κ3) is 2.62. The Morgan fingerprint density at radius 3 is 2.86 bits per heavy atom. The number of piperidine rings is 1. The predicted octanol–water partition coefficient (Wildman–Crippen LogP) is 2.96. The quantitative estimate of drug-likeness (QED) is 0.900. The average molecular weight is 288 g/mol. The van der Waals surface area contributed by atoms with E-state index in [9.17, 15) is 4.39 Å². The number of hydrogen-bond donors (Lipinski definition) is 1. The molecular weight excluding hydrogens is 263 g/mol. The smallest absolute Gasteiger partial charge is 0.127 e. The van der Waals surface area contributed by atoms with Gasteiger partial charge in [0.2, 0.25) is 0 Å². The molecule has 3 aliphatic rings. The molecule has 1 saturated carbocycles. The van der Waals surface area contributed by atoms with E-state index < -0.39 is 0 Å². The van der Waals surface area contributed by atoms with Crippen molar-refractivity contribution in [2.75, 3.05) is 26.2 Å². The van der Waals surface area contributed by atoms with Crippen molar-refractivity contribution in [3.05, 3.63) is 35.1 Å². The van der Waals surface area contributed by atoms with Gasteiger partial charge in [-0.2, -0.15) is 0 Å². The first-order valence-electron chi connectivity index (χ1n) is 8.43. The Hall–Kier alpha value is -0.930. The summed E-state index contributed by atoms with van der Waals surface area (Å²) in [6.45, 7) is 5.49. The molecule has 2 aliphatic heterocycles. The van der Waals surface area contributed by atoms with Crippen LogP contribution in [0.25, 0.3) is 0 Å². The molecule has 2 fully saturated rings. The molecular formula is C18H25FN2. The van der Waals surface area contributed by atoms with E-state index in [1.807, 2.05) is 6.07 Å². The standard InChI is InChI=1S/C18H25FN2/c19-17-3-1-2-15-4-9-21(13-16(15)17)12-14-10-18(11-14)5-7-20-8-6-18/h1-3,14,20H,4-13H2. The molecule has 1 aromatic carbocycles. The summed E-state index contributed by atoms with van der Waals surface area (Å²) in [6, 6.07) is 5.54. The molecule has 114 valence electrons. The van der Waals surface area contributed by atoms with Gasteiger partial charge in [0, 0.05) is 25.2 Å². The Labute approximate surface area is 126 Å². The van der Waals surface area contributed by atoms with E-state index in [0.29, 0.717) is 5.41 Å². The molecule has 0 radical (unpaired) electrons. The van der Waals surface area contributed by atoms with Gasteiger partial charge in [-0.1, -0.05) is 12.1 Å². The third-order valence-corrected chi connectivity index (χ3v) is 5.92. The number of hydrogen-bond acceptors (Lipinski definition) is 2. The lowest BCUT2D eigenvalue weighted by atomic mass is 9.57. The Balaban J connectivity index is 1.34. The molecule has 3 heteroatoms. The summed E-state index contributed by atoms with van der Waals surface area (Å²) in [7, 11) is 0. The molecule has 0 unspecified atom stereocenters. The molecule has 2 heterocycles. The maximum absolute atomic E-state index is 13.9. The van der Waals surface area contributed by atoms with E-state index in [1.54, 1.807) is 6.07 Å². The molecule has 0 bridgehead atoms. The molecule has 1 aromatic rings. The second kappa shape index (κ2) is 5.36. The number of rotatable bonds is 2. The fraction of sp³-hybridized carbons (Fsp3) is 0.667. The first-order chi connectivity index (χ1) is 10.2. The second-order valence-corrected chi connectivity index (χ2v) is 7.39. The van der Waals surface area contributed by atoms with Crippen molar-refractivity contribution < 1.29 is 4.39 Å². The minimum atomic E-state index is -0.0133. The van der Waals surface area contributed by atoms with Gasteiger partial charge in [-0.3, -0.25) is 4.90 Å². The van der Waals surface area contributed by atoms with Crippen LogP contribution in [-0.2, 0) is 13.0 Å². The second-order valence-electron chi connectivity index (χ2n) is 7.39. The van der Waals surface area contributed by atoms with Crippen LogP contribution >= 0.6 is 0 Å². The van der Waals surface area contributed by atoms with Gasteiger partial charge in [-0.15, -0.1) is 0 Å². The minimum absolute atomic E-state index is 0.0133. The summed E-state index contributed by atoms with van der Waals surface area (Å²) in [4.78, 5) is 2.48. The Morgan fingerprint density at radius 1 is 1.24 bits per heavy atom. The van der Waals surface area contributed by atoms with Gasteiger partial charge in [0.05, 0.1) is 0 Å². The number of halogens is 1. The van der Waals surface area contributed by atoms with Gasteiger partial charge < -0.3 is 5.32 Å². The zero-order valence-corrected chi connectivity index (χ0v) is 12.7. The van der Waals surface area contributed by atoms with E-state index in [4.69, 9.17) is 0 Å². The highest BCUT2D eigenvalue weighted by atomic mass is 19.1. The molecule has 1 spiro atoms. The Bertz CT molecular complexity index is 514. The zero-order chi connectivity index (χ0) is 14.3. The number of fused-ring (bicyclic) bond motifs is 1. The van der Waals surface area contributed by atoms with Crippen LogP contribution in [0.1, 0.15) is 36.8 Å². The predicted molar refractivity (Wildman–Crippen MR) is 82.6 cm³/mol. The van der Waals surface area contributed by atoms with Crippen molar-refractivity contribution in [3.63, 3.8) is 0 Å². The number of nitrogens with one attached hydrogen (secondary N) is 1. The lowest BCUT2D eigenvalue weighted by Crippen LogP contribution is -2.49. The molecule has 4 rings (SSSR count). The summed E-state index contributed by atoms with van der Waals surface area (Å²) in [5.74, 6) is 0.831. The Kier molecular flexibility index (Phi) is 3.50. The van der Waals surface area contributed by atoms with Crippen LogP contribution in [-0.4, -0.2) is 31.1 Å². The first kappa shape index (κ1) is 13.7. The molecule has 21 heavy (non-hydrogen) atoms. The van der Waals surface area contributed by atoms with Crippen LogP contribution in [0, 0.1) is 17.2 Å². The van der Waals surface area contributed by atoms with E-state index >= 15 is 0 Å². The fourth-order valence-electron chi connectivity index (χ4n) is 4.78. The van der Waals surface area contributed by atoms with Crippen molar-refractivity contribution in [2.24, 2.45) is 11.3 Å². The van der Waals surface area contributed by atoms with Crippen LogP contribution in [0.15, 0.2) is 18.2 Å². The summed E-state index contributed by atoms with van der Waals surface area (Å²) < 4.78 is 13.9. The fourth-order valence-corrected chi connectivity index (χ4v) is 4.78. The van der Waals surface area contributed by atoms with Crippen molar-refractivity contribution in [2.45, 2.75) is 38.6 Å². The van der Waals surface area contributed by atoms with Crippen molar-refractivity contribution >= 4 is 0 Å². The summed E-state index contributed by atoms with van der Waals surface area (Å²) >= 11 is 0. The van der Waals surface area contributed by atoms with Gasteiger partial charge in [0.1, 0.15) is 5.82 Å². The largest absolute Gasteiger partial charge is 0.317 e. The minimum Gasteiger partial charge on any atom is -0.317 e. The van der Waals surface area contributed by atoms with Crippen LogP contribution in [0.3, 0.4) is 0 Å². The van der Waals surface area contributed by atoms with E-state index in [0.717, 1.165) is 31.0 Å². The van der Waals surface area contributed by atoms with Crippen LogP contribution < -0.4 is 5.32 Å². The van der Waals surface area contributed by atoms with Gasteiger partial charge in [-0.25, -0.2) is 4.39 Å². The average Bonchev–Trinajstić information content (AvgIpc) is 2.48. The zero-order valence-electron chi connectivity index (χ0n) is 12.7. The first-order valence-corrected chi connectivity index (χ1v) is 8.43. The monoisotopic (exact) mass is 288 g/mol.